The highest BCUT2D eigenvalue weighted by Crippen LogP contribution is 1.99. The lowest BCUT2D eigenvalue weighted by molar-refractivity contribution is -0.143. The second kappa shape index (κ2) is 5.11. The molecular weight excluding hydrogens is 202 g/mol. The Morgan fingerprint density at radius 2 is 2.33 bits per heavy atom. The van der Waals surface area contributed by atoms with Gasteiger partial charge in [-0.15, -0.1) is 0 Å². The van der Waals surface area contributed by atoms with Crippen molar-refractivity contribution in [2.24, 2.45) is 7.05 Å². The maximum atomic E-state index is 11.1. The smallest absolute Gasteiger partial charge is 0.329 e. The summed E-state index contributed by atoms with van der Waals surface area (Å²) < 4.78 is 6.13. The Morgan fingerprint density at radius 3 is 2.87 bits per heavy atom. The number of hydrogen-bond donors (Lipinski definition) is 2. The van der Waals surface area contributed by atoms with Crippen LogP contribution in [-0.2, 0) is 21.4 Å². The summed E-state index contributed by atoms with van der Waals surface area (Å²) in [6.45, 7) is -0.793. The number of carbonyl (C=O) groups excluding carboxylic acids is 1. The van der Waals surface area contributed by atoms with E-state index in [4.69, 9.17) is 5.11 Å². The second-order valence-corrected chi connectivity index (χ2v) is 2.81. The van der Waals surface area contributed by atoms with Crippen LogP contribution in [0.3, 0.4) is 0 Å². The predicted octanol–water partition coefficient (Wildman–Crippen LogP) is -0.540. The molecule has 1 aromatic rings. The Balaban J connectivity index is 2.27. The van der Waals surface area contributed by atoms with Crippen molar-refractivity contribution in [1.29, 1.82) is 0 Å². The maximum Gasteiger partial charge on any atom is 0.329 e. The minimum Gasteiger partial charge on any atom is -0.480 e. The zero-order valence-electron chi connectivity index (χ0n) is 8.14. The van der Waals surface area contributed by atoms with E-state index >= 15 is 0 Å². The largest absolute Gasteiger partial charge is 0.480 e. The molecular formula is C8H11N3O4. The van der Waals surface area contributed by atoms with E-state index in [0.29, 0.717) is 5.82 Å². The van der Waals surface area contributed by atoms with Gasteiger partial charge in [-0.1, -0.05) is 0 Å². The van der Waals surface area contributed by atoms with E-state index in [-0.39, 0.29) is 6.61 Å². The lowest BCUT2D eigenvalue weighted by Crippen LogP contribution is -2.21. The molecule has 15 heavy (non-hydrogen) atoms. The third-order valence-corrected chi connectivity index (χ3v) is 1.44. The normalized spacial score (nSPS) is 9.93. The van der Waals surface area contributed by atoms with Crippen LogP contribution in [0.25, 0.3) is 0 Å². The standard InChI is InChI=1S/C8H11N3O4/c1-11-3-2-6(10-11)9-7(12)4-15-5-8(13)14/h2-3H,4-5H2,1H3,(H,13,14)(H,9,10,12). The Bertz CT molecular complexity index is 361. The van der Waals surface area contributed by atoms with Gasteiger partial charge >= 0.3 is 5.97 Å². The van der Waals surface area contributed by atoms with E-state index in [0.717, 1.165) is 0 Å². The van der Waals surface area contributed by atoms with Gasteiger partial charge in [-0.05, 0) is 0 Å². The van der Waals surface area contributed by atoms with E-state index in [2.05, 4.69) is 15.2 Å². The summed E-state index contributed by atoms with van der Waals surface area (Å²) in [7, 11) is 1.72. The highest BCUT2D eigenvalue weighted by Gasteiger charge is 2.05. The molecule has 0 aliphatic heterocycles. The molecule has 1 amide bonds. The van der Waals surface area contributed by atoms with E-state index in [1.165, 1.54) is 4.68 Å². The molecule has 0 bridgehead atoms. The molecule has 0 aliphatic rings. The molecule has 0 saturated heterocycles. The van der Waals surface area contributed by atoms with Crippen molar-refractivity contribution in [2.45, 2.75) is 0 Å². The van der Waals surface area contributed by atoms with Crippen molar-refractivity contribution >= 4 is 17.7 Å². The maximum absolute atomic E-state index is 11.1. The van der Waals surface area contributed by atoms with Crippen LogP contribution in [0.2, 0.25) is 0 Å². The number of aliphatic carboxylic acids is 1. The van der Waals surface area contributed by atoms with Gasteiger partial charge in [0.25, 0.3) is 5.91 Å². The number of carbonyl (C=O) groups is 2. The lowest BCUT2D eigenvalue weighted by atomic mass is 10.5. The van der Waals surface area contributed by atoms with Gasteiger partial charge in [0.1, 0.15) is 13.2 Å². The average molecular weight is 213 g/mol. The number of anilines is 1. The number of hydrogen-bond acceptors (Lipinski definition) is 4. The fourth-order valence-corrected chi connectivity index (χ4v) is 0.892. The molecule has 0 unspecified atom stereocenters. The highest BCUT2D eigenvalue weighted by atomic mass is 16.5. The van der Waals surface area contributed by atoms with Crippen molar-refractivity contribution in [2.75, 3.05) is 18.5 Å². The number of amides is 1. The highest BCUT2D eigenvalue weighted by molar-refractivity contribution is 5.90. The first kappa shape index (κ1) is 11.2. The van der Waals surface area contributed by atoms with E-state index in [1.807, 2.05) is 0 Å². The summed E-state index contributed by atoms with van der Waals surface area (Å²) in [5.74, 6) is -1.14. The molecule has 0 saturated carbocycles. The SMILES string of the molecule is Cn1ccc(NC(=O)COCC(=O)O)n1. The minimum absolute atomic E-state index is 0.303. The van der Waals surface area contributed by atoms with Gasteiger partial charge in [0, 0.05) is 19.3 Å². The molecule has 2 N–H and O–H groups in total. The lowest BCUT2D eigenvalue weighted by Gasteiger charge is -2.01. The summed E-state index contributed by atoms with van der Waals surface area (Å²) in [5, 5.41) is 14.6. The van der Waals surface area contributed by atoms with Crippen LogP contribution in [0, 0.1) is 0 Å². The number of carboxylic acids is 1. The molecule has 0 spiro atoms. The van der Waals surface area contributed by atoms with Crippen molar-refractivity contribution in [3.8, 4) is 0 Å². The zero-order chi connectivity index (χ0) is 11.3. The number of carboxylic acid groups (broad SMARTS) is 1. The van der Waals surface area contributed by atoms with E-state index in [1.54, 1.807) is 19.3 Å². The molecule has 82 valence electrons. The van der Waals surface area contributed by atoms with Crippen LogP contribution in [-0.4, -0.2) is 40.0 Å². The van der Waals surface area contributed by atoms with Crippen LogP contribution < -0.4 is 5.32 Å². The number of ether oxygens (including phenoxy) is 1. The molecule has 0 fully saturated rings. The summed E-state index contributed by atoms with van der Waals surface area (Å²) in [6.07, 6.45) is 1.67. The van der Waals surface area contributed by atoms with Crippen LogP contribution in [0.5, 0.6) is 0 Å². The van der Waals surface area contributed by atoms with Crippen LogP contribution in [0.1, 0.15) is 0 Å². The van der Waals surface area contributed by atoms with Crippen molar-refractivity contribution in [3.63, 3.8) is 0 Å². The van der Waals surface area contributed by atoms with Crippen molar-refractivity contribution in [3.05, 3.63) is 12.3 Å². The fourth-order valence-electron chi connectivity index (χ4n) is 0.892. The number of nitrogens with one attached hydrogen (secondary N) is 1. The number of rotatable bonds is 5. The average Bonchev–Trinajstić information content (AvgIpc) is 2.50. The first-order valence-corrected chi connectivity index (χ1v) is 4.17. The summed E-state index contributed by atoms with van der Waals surface area (Å²) in [4.78, 5) is 21.2. The van der Waals surface area contributed by atoms with Gasteiger partial charge in [0.15, 0.2) is 5.82 Å². The number of aryl methyl sites for hydroxylation is 1. The minimum atomic E-state index is -1.11. The third kappa shape index (κ3) is 4.23. The molecule has 1 rings (SSSR count). The van der Waals surface area contributed by atoms with Crippen LogP contribution >= 0.6 is 0 Å². The fraction of sp³-hybridized carbons (Fsp3) is 0.375. The second-order valence-electron chi connectivity index (χ2n) is 2.81. The van der Waals surface area contributed by atoms with E-state index in [9.17, 15) is 9.59 Å². The number of nitrogens with zero attached hydrogens (tertiary/aromatic N) is 2. The molecule has 0 radical (unpaired) electrons. The number of aromatic nitrogens is 2. The Kier molecular flexibility index (Phi) is 3.81. The summed E-state index contributed by atoms with van der Waals surface area (Å²) in [6, 6.07) is 1.62. The van der Waals surface area contributed by atoms with Gasteiger partial charge in [-0.3, -0.25) is 9.48 Å². The third-order valence-electron chi connectivity index (χ3n) is 1.44. The van der Waals surface area contributed by atoms with Crippen molar-refractivity contribution < 1.29 is 19.4 Å². The first-order chi connectivity index (χ1) is 7.08. The monoisotopic (exact) mass is 213 g/mol. The van der Waals surface area contributed by atoms with Crippen LogP contribution in [0.15, 0.2) is 12.3 Å². The molecule has 1 heterocycles. The molecule has 0 aromatic carbocycles. The van der Waals surface area contributed by atoms with Gasteiger partial charge < -0.3 is 15.2 Å². The topological polar surface area (TPSA) is 93.5 Å². The quantitative estimate of drug-likeness (QED) is 0.685. The van der Waals surface area contributed by atoms with Gasteiger partial charge in [-0.2, -0.15) is 5.10 Å². The Morgan fingerprint density at radius 1 is 1.60 bits per heavy atom. The molecule has 0 atom stereocenters. The molecule has 7 heteroatoms. The molecule has 7 nitrogen and oxygen atoms in total. The van der Waals surface area contributed by atoms with Gasteiger partial charge in [0.2, 0.25) is 0 Å². The molecule has 0 aliphatic carbocycles. The van der Waals surface area contributed by atoms with Gasteiger partial charge in [0.05, 0.1) is 0 Å². The Hall–Kier alpha value is -1.89. The van der Waals surface area contributed by atoms with Crippen molar-refractivity contribution in [1.82, 2.24) is 9.78 Å². The first-order valence-electron chi connectivity index (χ1n) is 4.17. The Labute approximate surface area is 85.6 Å². The van der Waals surface area contributed by atoms with E-state index < -0.39 is 18.5 Å². The van der Waals surface area contributed by atoms with Crippen LogP contribution in [0.4, 0.5) is 5.82 Å². The zero-order valence-corrected chi connectivity index (χ0v) is 8.14. The summed E-state index contributed by atoms with van der Waals surface area (Å²) >= 11 is 0. The summed E-state index contributed by atoms with van der Waals surface area (Å²) in [5.41, 5.74) is 0. The van der Waals surface area contributed by atoms with Gasteiger partial charge in [-0.25, -0.2) is 4.79 Å². The predicted molar refractivity (Wildman–Crippen MR) is 50.3 cm³/mol. The molecule has 1 aromatic heterocycles.